The molecule has 0 radical (unpaired) electrons. The minimum atomic E-state index is 0.840. The van der Waals surface area contributed by atoms with Crippen LogP contribution in [0.2, 0.25) is 0 Å². The van der Waals surface area contributed by atoms with E-state index in [1.807, 2.05) is 61.2 Å². The van der Waals surface area contributed by atoms with Crippen molar-refractivity contribution in [3.63, 3.8) is 0 Å². The van der Waals surface area contributed by atoms with Crippen molar-refractivity contribution in [1.82, 2.24) is 19.9 Å². The van der Waals surface area contributed by atoms with Gasteiger partial charge in [0, 0.05) is 58.2 Å². The highest BCUT2D eigenvalue weighted by atomic mass is 14.7. The van der Waals surface area contributed by atoms with Crippen LogP contribution in [-0.4, -0.2) is 19.9 Å². The van der Waals surface area contributed by atoms with Crippen LogP contribution in [0.25, 0.3) is 89.5 Å². The number of fused-ring (bicyclic) bond motifs is 8. The molecule has 1 aliphatic rings. The second-order valence-electron chi connectivity index (χ2n) is 11.7. The first kappa shape index (κ1) is 27.8. The third-order valence-corrected chi connectivity index (χ3v) is 9.08. The molecule has 0 aliphatic heterocycles. The van der Waals surface area contributed by atoms with Crippen molar-refractivity contribution in [2.45, 2.75) is 0 Å². The lowest BCUT2D eigenvalue weighted by molar-refractivity contribution is 1.27. The molecule has 4 aromatic carbocycles. The minimum Gasteiger partial charge on any atom is -0.256 e. The quantitative estimate of drug-likeness (QED) is 0.198. The van der Waals surface area contributed by atoms with Crippen molar-refractivity contribution >= 4 is 0 Å². The summed E-state index contributed by atoms with van der Waals surface area (Å²) >= 11 is 0. The summed E-state index contributed by atoms with van der Waals surface area (Å²) in [6, 6.07) is 50.7. The Morgan fingerprint density at radius 3 is 0.708 bits per heavy atom. The fourth-order valence-corrected chi connectivity index (χ4v) is 7.18. The molecule has 0 atom stereocenters. The average molecular weight is 613 g/mol. The molecule has 0 saturated heterocycles. The molecule has 0 saturated carbocycles. The SMILES string of the molecule is c1ccc(-c2c(-c3ccccn3)c(-c3ccccn3)c3c(c2-c2ccccn2)-c2ccccc2-c2ccccc2-c2ccccc2-3)nc1. The van der Waals surface area contributed by atoms with E-state index in [1.165, 1.54) is 11.1 Å². The van der Waals surface area contributed by atoms with E-state index in [2.05, 4.69) is 109 Å². The average Bonchev–Trinajstić information content (AvgIpc) is 3.17. The van der Waals surface area contributed by atoms with Crippen molar-refractivity contribution in [3.05, 3.63) is 170 Å². The maximum atomic E-state index is 5.04. The molecule has 0 spiro atoms. The first-order valence-electron chi connectivity index (χ1n) is 16.1. The van der Waals surface area contributed by atoms with Crippen molar-refractivity contribution in [3.8, 4) is 89.5 Å². The minimum absolute atomic E-state index is 0.840. The molecule has 1 aliphatic carbocycles. The van der Waals surface area contributed by atoms with Gasteiger partial charge in [0.05, 0.1) is 22.8 Å². The lowest BCUT2D eigenvalue weighted by Gasteiger charge is -2.30. The Morgan fingerprint density at radius 1 is 0.208 bits per heavy atom. The van der Waals surface area contributed by atoms with Gasteiger partial charge in [0.2, 0.25) is 0 Å². The first-order chi connectivity index (χ1) is 23.9. The van der Waals surface area contributed by atoms with Crippen LogP contribution >= 0.6 is 0 Å². The summed E-state index contributed by atoms with van der Waals surface area (Å²) in [5.74, 6) is 0. The molecule has 48 heavy (non-hydrogen) atoms. The number of hydrogen-bond donors (Lipinski definition) is 0. The molecule has 0 fully saturated rings. The molecular weight excluding hydrogens is 585 g/mol. The monoisotopic (exact) mass is 612 g/mol. The molecule has 4 heterocycles. The van der Waals surface area contributed by atoms with Gasteiger partial charge in [-0.25, -0.2) is 0 Å². The van der Waals surface area contributed by atoms with Crippen molar-refractivity contribution in [2.75, 3.05) is 0 Å². The molecule has 0 amide bonds. The van der Waals surface area contributed by atoms with Crippen LogP contribution in [0.4, 0.5) is 0 Å². The second kappa shape index (κ2) is 11.7. The van der Waals surface area contributed by atoms with Crippen LogP contribution < -0.4 is 0 Å². The molecule has 9 rings (SSSR count). The maximum Gasteiger partial charge on any atom is 0.0716 e. The normalized spacial score (nSPS) is 11.3. The van der Waals surface area contributed by atoms with Crippen molar-refractivity contribution in [1.29, 1.82) is 0 Å². The summed E-state index contributed by atoms with van der Waals surface area (Å²) < 4.78 is 0. The molecule has 224 valence electrons. The summed E-state index contributed by atoms with van der Waals surface area (Å²) in [6.45, 7) is 0. The molecule has 4 aromatic heterocycles. The van der Waals surface area contributed by atoms with E-state index >= 15 is 0 Å². The van der Waals surface area contributed by atoms with E-state index in [-0.39, 0.29) is 0 Å². The standard InChI is InChI=1S/C44H28N4/c1-2-16-30-29(15-1)31-17-3-5-19-33(31)39-40(34-20-6-4-18-32(30)34)42(36-22-8-12-26-46-36)44(38-24-10-14-28-48-38)43(37-23-9-13-27-47-37)41(39)35-21-7-11-25-45-35/h1-28H. The highest BCUT2D eigenvalue weighted by molar-refractivity contribution is 6.17. The first-order valence-corrected chi connectivity index (χ1v) is 16.1. The highest BCUT2D eigenvalue weighted by Gasteiger charge is 2.33. The van der Waals surface area contributed by atoms with Gasteiger partial charge in [-0.2, -0.15) is 0 Å². The number of rotatable bonds is 4. The van der Waals surface area contributed by atoms with Gasteiger partial charge in [-0.3, -0.25) is 19.9 Å². The van der Waals surface area contributed by atoms with Crippen LogP contribution in [0.5, 0.6) is 0 Å². The summed E-state index contributed by atoms with van der Waals surface area (Å²) in [5.41, 5.74) is 16.5. The van der Waals surface area contributed by atoms with Gasteiger partial charge < -0.3 is 0 Å². The van der Waals surface area contributed by atoms with E-state index in [4.69, 9.17) is 19.9 Å². The molecule has 0 unspecified atom stereocenters. The van der Waals surface area contributed by atoms with Crippen LogP contribution in [0, 0.1) is 0 Å². The predicted molar refractivity (Wildman–Crippen MR) is 195 cm³/mol. The molecule has 0 N–H and O–H groups in total. The van der Waals surface area contributed by atoms with Gasteiger partial charge in [-0.05, 0) is 81.9 Å². The lowest BCUT2D eigenvalue weighted by atomic mass is 9.73. The Labute approximate surface area is 279 Å². The van der Waals surface area contributed by atoms with Crippen molar-refractivity contribution < 1.29 is 0 Å². The lowest BCUT2D eigenvalue weighted by Crippen LogP contribution is -2.06. The Kier molecular flexibility index (Phi) is 6.76. The molecule has 0 bridgehead atoms. The summed E-state index contributed by atoms with van der Waals surface area (Å²) in [5, 5.41) is 0. The highest BCUT2D eigenvalue weighted by Crippen LogP contribution is 2.58. The van der Waals surface area contributed by atoms with Crippen LogP contribution in [-0.2, 0) is 0 Å². The van der Waals surface area contributed by atoms with Crippen LogP contribution in [0.15, 0.2) is 170 Å². The van der Waals surface area contributed by atoms with Gasteiger partial charge >= 0.3 is 0 Å². The number of pyridine rings is 4. The number of hydrogen-bond acceptors (Lipinski definition) is 4. The fraction of sp³-hybridized carbons (Fsp3) is 0. The number of aromatic nitrogens is 4. The summed E-state index contributed by atoms with van der Waals surface area (Å²) in [6.07, 6.45) is 7.46. The largest absolute Gasteiger partial charge is 0.256 e. The Bertz CT molecular complexity index is 2250. The zero-order valence-electron chi connectivity index (χ0n) is 26.0. The summed E-state index contributed by atoms with van der Waals surface area (Å²) in [4.78, 5) is 20.1. The van der Waals surface area contributed by atoms with E-state index in [9.17, 15) is 0 Å². The van der Waals surface area contributed by atoms with Gasteiger partial charge in [0.1, 0.15) is 0 Å². The van der Waals surface area contributed by atoms with Crippen LogP contribution in [0.3, 0.4) is 0 Å². The van der Waals surface area contributed by atoms with E-state index in [0.717, 1.165) is 78.4 Å². The third kappa shape index (κ3) is 4.46. The number of benzene rings is 4. The Hall–Kier alpha value is -6.52. The maximum absolute atomic E-state index is 5.04. The molecule has 4 nitrogen and oxygen atoms in total. The molecule has 8 aromatic rings. The third-order valence-electron chi connectivity index (χ3n) is 9.08. The molecular formula is C44H28N4. The molecule has 4 heteroatoms. The smallest absolute Gasteiger partial charge is 0.0716 e. The van der Waals surface area contributed by atoms with Gasteiger partial charge in [0.15, 0.2) is 0 Å². The van der Waals surface area contributed by atoms with Gasteiger partial charge in [-0.1, -0.05) is 97.1 Å². The summed E-state index contributed by atoms with van der Waals surface area (Å²) in [7, 11) is 0. The fourth-order valence-electron chi connectivity index (χ4n) is 7.18. The Morgan fingerprint density at radius 2 is 0.438 bits per heavy atom. The zero-order valence-corrected chi connectivity index (χ0v) is 26.0. The predicted octanol–water partition coefficient (Wildman–Crippen LogP) is 10.9. The second-order valence-corrected chi connectivity index (χ2v) is 11.7. The zero-order chi connectivity index (χ0) is 31.9. The van der Waals surface area contributed by atoms with Gasteiger partial charge in [0.25, 0.3) is 0 Å². The Balaban J connectivity index is 1.63. The topological polar surface area (TPSA) is 51.6 Å². The van der Waals surface area contributed by atoms with E-state index in [1.54, 1.807) is 0 Å². The van der Waals surface area contributed by atoms with Gasteiger partial charge in [-0.15, -0.1) is 0 Å². The van der Waals surface area contributed by atoms with Crippen molar-refractivity contribution in [2.24, 2.45) is 0 Å². The number of nitrogens with zero attached hydrogens (tertiary/aromatic N) is 4. The van der Waals surface area contributed by atoms with Crippen LogP contribution in [0.1, 0.15) is 0 Å². The van der Waals surface area contributed by atoms with E-state index in [0.29, 0.717) is 0 Å². The van der Waals surface area contributed by atoms with E-state index < -0.39 is 0 Å².